The normalized spacial score (nSPS) is 23.5. The Bertz CT molecular complexity index is 938. The van der Waals surface area contributed by atoms with Gasteiger partial charge in [0.15, 0.2) is 11.4 Å². The fourth-order valence-corrected chi connectivity index (χ4v) is 4.99. The lowest BCUT2D eigenvalue weighted by Crippen LogP contribution is -2.57. The molecule has 2 aliphatic rings. The molecule has 2 aliphatic heterocycles. The number of ketones is 1. The number of hydrogen-bond acceptors (Lipinski definition) is 7. The van der Waals surface area contributed by atoms with Crippen molar-refractivity contribution in [3.63, 3.8) is 0 Å². The summed E-state index contributed by atoms with van der Waals surface area (Å²) in [4.78, 5) is 38.9. The molecule has 8 heteroatoms. The number of aromatic nitrogens is 1. The van der Waals surface area contributed by atoms with E-state index in [1.807, 2.05) is 30.9 Å². The molecule has 0 saturated carbocycles. The smallest absolute Gasteiger partial charge is 0.227 e. The number of nitrogens with zero attached hydrogens (tertiary/aromatic N) is 2. The molecule has 2 saturated heterocycles. The van der Waals surface area contributed by atoms with Crippen molar-refractivity contribution in [1.29, 1.82) is 0 Å². The summed E-state index contributed by atoms with van der Waals surface area (Å²) in [6.45, 7) is 4.59. The molecule has 1 N–H and O–H groups in total. The van der Waals surface area contributed by atoms with Crippen molar-refractivity contribution in [3.8, 4) is 0 Å². The van der Waals surface area contributed by atoms with Gasteiger partial charge in [-0.05, 0) is 50.3 Å². The molecule has 2 aromatic rings. The minimum Gasteiger partial charge on any atom is -0.356 e. The third kappa shape index (κ3) is 3.58. The van der Waals surface area contributed by atoms with Gasteiger partial charge < -0.3 is 9.84 Å². The highest BCUT2D eigenvalue weighted by Gasteiger charge is 2.42. The van der Waals surface area contributed by atoms with Crippen LogP contribution in [-0.2, 0) is 20.8 Å². The molecule has 148 valence electrons. The predicted molar refractivity (Wildman–Crippen MR) is 106 cm³/mol. The molecular formula is C20H23N3O4S. The maximum Gasteiger partial charge on any atom is 0.227 e. The molecule has 0 bridgehead atoms. The molecule has 7 nitrogen and oxygen atoms in total. The van der Waals surface area contributed by atoms with Crippen LogP contribution >= 0.6 is 11.8 Å². The Kier molecular flexibility index (Phi) is 5.25. The number of hydrogen-bond donors (Lipinski definition) is 1. The lowest BCUT2D eigenvalue weighted by Gasteiger charge is -2.38. The lowest BCUT2D eigenvalue weighted by molar-refractivity contribution is -0.133. The van der Waals surface area contributed by atoms with Crippen molar-refractivity contribution in [1.82, 2.24) is 15.4 Å². The van der Waals surface area contributed by atoms with E-state index in [9.17, 15) is 14.4 Å². The summed E-state index contributed by atoms with van der Waals surface area (Å²) < 4.78 is 5.42. The summed E-state index contributed by atoms with van der Waals surface area (Å²) in [5, 5.41) is 7.84. The third-order valence-electron chi connectivity index (χ3n) is 5.39. The van der Waals surface area contributed by atoms with Gasteiger partial charge in [-0.1, -0.05) is 23.0 Å². The molecule has 0 radical (unpaired) electrons. The first-order valence-corrected chi connectivity index (χ1v) is 10.5. The summed E-state index contributed by atoms with van der Waals surface area (Å²) in [7, 11) is 0. The van der Waals surface area contributed by atoms with E-state index >= 15 is 0 Å². The van der Waals surface area contributed by atoms with Crippen molar-refractivity contribution in [2.24, 2.45) is 0 Å². The highest BCUT2D eigenvalue weighted by atomic mass is 32.2. The molecule has 3 heterocycles. The van der Waals surface area contributed by atoms with Gasteiger partial charge in [-0.25, -0.2) is 0 Å². The zero-order valence-electron chi connectivity index (χ0n) is 16.0. The number of fused-ring (bicyclic) bond motifs is 1. The number of thioether (sulfide) groups is 1. The SMILES string of the molecule is Cc1cc(C)c2onc(CC(=O)NC3CCCCN3C3C(=O)CSC3=O)c2c1. The Morgan fingerprint density at radius 1 is 1.32 bits per heavy atom. The Balaban J connectivity index is 1.49. The second-order valence-corrected chi connectivity index (χ2v) is 8.54. The third-order valence-corrected chi connectivity index (χ3v) is 6.33. The van der Waals surface area contributed by atoms with Crippen molar-refractivity contribution < 1.29 is 18.9 Å². The largest absolute Gasteiger partial charge is 0.356 e. The maximum absolute atomic E-state index is 12.7. The number of benzene rings is 1. The van der Waals surface area contributed by atoms with Gasteiger partial charge in [-0.15, -0.1) is 0 Å². The number of aryl methyl sites for hydroxylation is 2. The number of likely N-dealkylation sites (tertiary alicyclic amines) is 1. The average molecular weight is 401 g/mol. The summed E-state index contributed by atoms with van der Waals surface area (Å²) in [6, 6.07) is 3.26. The number of rotatable bonds is 4. The van der Waals surface area contributed by atoms with Crippen LogP contribution in [0.15, 0.2) is 16.7 Å². The van der Waals surface area contributed by atoms with Gasteiger partial charge in [0.1, 0.15) is 11.7 Å². The van der Waals surface area contributed by atoms with E-state index < -0.39 is 6.04 Å². The first-order chi connectivity index (χ1) is 13.4. The lowest BCUT2D eigenvalue weighted by atomic mass is 10.0. The standard InChI is InChI=1S/C20H23N3O4S/c1-11-7-12(2)19-13(8-11)14(22-27-19)9-17(25)21-16-5-3-4-6-23(16)18-15(24)10-28-20(18)26/h7-8,16,18H,3-6,9-10H2,1-2H3,(H,21,25). The highest BCUT2D eigenvalue weighted by molar-refractivity contribution is 8.15. The van der Waals surface area contributed by atoms with E-state index in [2.05, 4.69) is 10.5 Å². The minimum atomic E-state index is -0.728. The van der Waals surface area contributed by atoms with E-state index in [0.29, 0.717) is 17.8 Å². The number of nitrogens with one attached hydrogen (secondary N) is 1. The molecule has 0 spiro atoms. The molecule has 2 fully saturated rings. The molecule has 28 heavy (non-hydrogen) atoms. The Labute approximate surface area is 167 Å². The van der Waals surface area contributed by atoms with Gasteiger partial charge in [0.2, 0.25) is 11.0 Å². The monoisotopic (exact) mass is 401 g/mol. The first kappa shape index (κ1) is 19.1. The number of piperidine rings is 1. The molecular weight excluding hydrogens is 378 g/mol. The summed E-state index contributed by atoms with van der Waals surface area (Å²) >= 11 is 1.07. The second-order valence-electron chi connectivity index (χ2n) is 7.56. The zero-order valence-corrected chi connectivity index (χ0v) is 16.8. The van der Waals surface area contributed by atoms with Crippen LogP contribution in [0.4, 0.5) is 0 Å². The number of Topliss-reactive ketones (excluding diaryl/α,β-unsaturated/α-hetero) is 1. The van der Waals surface area contributed by atoms with Gasteiger partial charge in [0.25, 0.3) is 0 Å². The van der Waals surface area contributed by atoms with Crippen LogP contribution in [0.25, 0.3) is 11.0 Å². The van der Waals surface area contributed by atoms with Gasteiger partial charge >= 0.3 is 0 Å². The fourth-order valence-electron chi connectivity index (χ4n) is 4.13. The molecule has 1 aromatic carbocycles. The molecule has 2 unspecified atom stereocenters. The number of carbonyl (C=O) groups is 3. The zero-order chi connectivity index (χ0) is 19.8. The van der Waals surface area contributed by atoms with Crippen LogP contribution in [0.5, 0.6) is 0 Å². The van der Waals surface area contributed by atoms with Crippen LogP contribution in [0, 0.1) is 13.8 Å². The molecule has 1 aromatic heterocycles. The van der Waals surface area contributed by atoms with E-state index in [1.165, 1.54) is 0 Å². The van der Waals surface area contributed by atoms with Crippen molar-refractivity contribution >= 4 is 39.5 Å². The van der Waals surface area contributed by atoms with Crippen molar-refractivity contribution in [2.75, 3.05) is 12.3 Å². The van der Waals surface area contributed by atoms with Gasteiger partial charge in [0.05, 0.1) is 18.3 Å². The predicted octanol–water partition coefficient (Wildman–Crippen LogP) is 2.13. The summed E-state index contributed by atoms with van der Waals surface area (Å²) in [5.41, 5.74) is 3.38. The Hall–Kier alpha value is -2.19. The first-order valence-electron chi connectivity index (χ1n) is 9.54. The van der Waals surface area contributed by atoms with Crippen LogP contribution in [0.1, 0.15) is 36.1 Å². The highest BCUT2D eigenvalue weighted by Crippen LogP contribution is 2.27. The number of amides is 1. The van der Waals surface area contributed by atoms with Crippen LogP contribution in [-0.4, -0.2) is 51.4 Å². The molecule has 1 amide bonds. The molecule has 2 atom stereocenters. The topological polar surface area (TPSA) is 92.5 Å². The van der Waals surface area contributed by atoms with E-state index in [-0.39, 0.29) is 35.1 Å². The minimum absolute atomic E-state index is 0.0652. The van der Waals surface area contributed by atoms with Crippen LogP contribution < -0.4 is 5.32 Å². The summed E-state index contributed by atoms with van der Waals surface area (Å²) in [5.74, 6) is -0.0222. The second kappa shape index (κ2) is 7.67. The van der Waals surface area contributed by atoms with Crippen LogP contribution in [0.3, 0.4) is 0 Å². The van der Waals surface area contributed by atoms with Crippen LogP contribution in [0.2, 0.25) is 0 Å². The summed E-state index contributed by atoms with van der Waals surface area (Å²) in [6.07, 6.45) is 2.39. The van der Waals surface area contributed by atoms with Crippen molar-refractivity contribution in [3.05, 3.63) is 29.0 Å². The fraction of sp³-hybridized carbons (Fsp3) is 0.500. The van der Waals surface area contributed by atoms with Gasteiger partial charge in [0, 0.05) is 11.9 Å². The number of carbonyl (C=O) groups excluding carboxylic acids is 3. The van der Waals surface area contributed by atoms with E-state index in [4.69, 9.17) is 4.52 Å². The quantitative estimate of drug-likeness (QED) is 0.785. The Morgan fingerprint density at radius 3 is 2.89 bits per heavy atom. The maximum atomic E-state index is 12.7. The van der Waals surface area contributed by atoms with Gasteiger partial charge in [-0.2, -0.15) is 0 Å². The average Bonchev–Trinajstić information content (AvgIpc) is 3.19. The van der Waals surface area contributed by atoms with Gasteiger partial charge in [-0.3, -0.25) is 19.3 Å². The molecule has 4 rings (SSSR count). The van der Waals surface area contributed by atoms with E-state index in [0.717, 1.165) is 47.5 Å². The van der Waals surface area contributed by atoms with Crippen molar-refractivity contribution in [2.45, 2.75) is 51.7 Å². The Morgan fingerprint density at radius 2 is 2.14 bits per heavy atom. The van der Waals surface area contributed by atoms with E-state index in [1.54, 1.807) is 0 Å². The molecule has 0 aliphatic carbocycles.